The van der Waals surface area contributed by atoms with Gasteiger partial charge < -0.3 is 5.11 Å². The summed E-state index contributed by atoms with van der Waals surface area (Å²) in [5, 5.41) is 10.1. The molecule has 0 saturated carbocycles. The van der Waals surface area contributed by atoms with Crippen LogP contribution in [-0.2, 0) is 16.4 Å². The number of hydrogen-bond acceptors (Lipinski definition) is 2. The summed E-state index contributed by atoms with van der Waals surface area (Å²) in [6.07, 6.45) is -0.935. The SMILES string of the molecule is CCCC(C)(C(=O)O)c1ccc(C(c2ccc(F)cc2)N2CCCCC2)c(-c2ccc(C(F)(F)F)c(F)c2)c1. The lowest BCUT2D eigenvalue weighted by molar-refractivity contribution is -0.143. The summed E-state index contributed by atoms with van der Waals surface area (Å²) >= 11 is 0. The fourth-order valence-corrected chi connectivity index (χ4v) is 5.58. The van der Waals surface area contributed by atoms with Crippen LogP contribution in [0.25, 0.3) is 11.1 Å². The van der Waals surface area contributed by atoms with Crippen molar-refractivity contribution in [1.29, 1.82) is 0 Å². The van der Waals surface area contributed by atoms with Gasteiger partial charge in [-0.25, -0.2) is 8.78 Å². The number of likely N-dealkylation sites (tertiary alicyclic amines) is 1. The largest absolute Gasteiger partial charge is 0.481 e. The first-order valence-electron chi connectivity index (χ1n) is 13.2. The van der Waals surface area contributed by atoms with Gasteiger partial charge in [-0.3, -0.25) is 9.69 Å². The first-order valence-corrected chi connectivity index (χ1v) is 13.2. The molecule has 1 N–H and O–H groups in total. The molecule has 3 aromatic carbocycles. The van der Waals surface area contributed by atoms with Crippen LogP contribution in [0.5, 0.6) is 0 Å². The van der Waals surface area contributed by atoms with E-state index in [4.69, 9.17) is 0 Å². The number of carboxylic acid groups (broad SMARTS) is 1. The Labute approximate surface area is 225 Å². The minimum absolute atomic E-state index is 0.214. The second-order valence-corrected chi connectivity index (χ2v) is 10.4. The van der Waals surface area contributed by atoms with Gasteiger partial charge in [0, 0.05) is 0 Å². The maximum Gasteiger partial charge on any atom is 0.419 e. The molecule has 1 aliphatic rings. The molecule has 0 spiro atoms. The maximum atomic E-state index is 14.8. The minimum Gasteiger partial charge on any atom is -0.481 e. The Kier molecular flexibility index (Phi) is 8.45. The molecule has 1 aliphatic heterocycles. The second-order valence-electron chi connectivity index (χ2n) is 10.4. The van der Waals surface area contributed by atoms with Gasteiger partial charge in [-0.05, 0) is 97.4 Å². The summed E-state index contributed by atoms with van der Waals surface area (Å²) in [6.45, 7) is 5.01. The van der Waals surface area contributed by atoms with Gasteiger partial charge in [0.25, 0.3) is 0 Å². The lowest BCUT2D eigenvalue weighted by atomic mass is 9.76. The zero-order chi connectivity index (χ0) is 28.4. The van der Waals surface area contributed by atoms with Crippen molar-refractivity contribution in [3.63, 3.8) is 0 Å². The molecule has 4 rings (SSSR count). The third kappa shape index (κ3) is 6.01. The van der Waals surface area contributed by atoms with Crippen LogP contribution < -0.4 is 0 Å². The van der Waals surface area contributed by atoms with E-state index >= 15 is 0 Å². The molecule has 8 heteroatoms. The van der Waals surface area contributed by atoms with Gasteiger partial charge >= 0.3 is 12.1 Å². The van der Waals surface area contributed by atoms with Gasteiger partial charge in [0.15, 0.2) is 0 Å². The van der Waals surface area contributed by atoms with Crippen molar-refractivity contribution in [1.82, 2.24) is 4.90 Å². The summed E-state index contributed by atoms with van der Waals surface area (Å²) < 4.78 is 68.7. The van der Waals surface area contributed by atoms with Crippen molar-refractivity contribution in [3.8, 4) is 11.1 Å². The molecule has 0 aromatic heterocycles. The van der Waals surface area contributed by atoms with Crippen LogP contribution >= 0.6 is 0 Å². The average Bonchev–Trinajstić information content (AvgIpc) is 2.90. The molecule has 208 valence electrons. The topological polar surface area (TPSA) is 40.5 Å². The van der Waals surface area contributed by atoms with E-state index < -0.39 is 34.8 Å². The summed E-state index contributed by atoms with van der Waals surface area (Å²) in [7, 11) is 0. The molecule has 0 amide bonds. The van der Waals surface area contributed by atoms with E-state index in [1.54, 1.807) is 37.3 Å². The highest BCUT2D eigenvalue weighted by Gasteiger charge is 2.37. The standard InChI is InChI=1S/C31H32F5NO2/c1-3-15-30(2,29(38)39)22-10-13-24(25(19-22)21-9-14-26(27(33)18-21)31(34,35)36)28(37-16-5-4-6-17-37)20-7-11-23(32)12-8-20/h7-14,18-19,28H,3-6,15-17H2,1-2H3,(H,38,39). The number of alkyl halides is 3. The van der Waals surface area contributed by atoms with Crippen LogP contribution in [-0.4, -0.2) is 29.1 Å². The normalized spacial score (nSPS) is 17.0. The Morgan fingerprint density at radius 3 is 2.18 bits per heavy atom. The number of carbonyl (C=O) groups is 1. The molecule has 1 saturated heterocycles. The van der Waals surface area contributed by atoms with Crippen LogP contribution in [0.15, 0.2) is 60.7 Å². The molecular weight excluding hydrogens is 513 g/mol. The van der Waals surface area contributed by atoms with Gasteiger partial charge in [-0.15, -0.1) is 0 Å². The molecule has 1 fully saturated rings. The van der Waals surface area contributed by atoms with Crippen LogP contribution in [0.1, 0.15) is 74.2 Å². The fourth-order valence-electron chi connectivity index (χ4n) is 5.58. The molecule has 2 unspecified atom stereocenters. The van der Waals surface area contributed by atoms with Crippen molar-refractivity contribution in [2.24, 2.45) is 0 Å². The van der Waals surface area contributed by atoms with Gasteiger partial charge in [-0.2, -0.15) is 13.2 Å². The molecular formula is C31H32F5NO2. The number of carboxylic acids is 1. The molecule has 0 aliphatic carbocycles. The van der Waals surface area contributed by atoms with Crippen molar-refractivity contribution in [3.05, 3.63) is 94.6 Å². The average molecular weight is 546 g/mol. The predicted molar refractivity (Wildman–Crippen MR) is 140 cm³/mol. The van der Waals surface area contributed by atoms with Gasteiger partial charge in [0.2, 0.25) is 0 Å². The highest BCUT2D eigenvalue weighted by Crippen LogP contribution is 2.42. The van der Waals surface area contributed by atoms with E-state index in [1.165, 1.54) is 18.2 Å². The Bertz CT molecular complexity index is 1320. The summed E-state index contributed by atoms with van der Waals surface area (Å²) in [5.74, 6) is -2.82. The molecule has 3 aromatic rings. The van der Waals surface area contributed by atoms with E-state index in [0.717, 1.165) is 50.0 Å². The summed E-state index contributed by atoms with van der Waals surface area (Å²) in [5.41, 5.74) is 0.00577. The lowest BCUT2D eigenvalue weighted by Crippen LogP contribution is -2.35. The van der Waals surface area contributed by atoms with Crippen LogP contribution in [0.4, 0.5) is 22.0 Å². The highest BCUT2D eigenvalue weighted by molar-refractivity contribution is 5.82. The zero-order valence-corrected chi connectivity index (χ0v) is 22.0. The van der Waals surface area contributed by atoms with Crippen LogP contribution in [0.3, 0.4) is 0 Å². The Balaban J connectivity index is 1.97. The van der Waals surface area contributed by atoms with Gasteiger partial charge in [0.05, 0.1) is 17.0 Å². The third-order valence-electron chi connectivity index (χ3n) is 7.73. The van der Waals surface area contributed by atoms with Crippen molar-refractivity contribution in [2.45, 2.75) is 63.6 Å². The quantitative estimate of drug-likeness (QED) is 0.289. The molecule has 0 bridgehead atoms. The Morgan fingerprint density at radius 1 is 0.949 bits per heavy atom. The van der Waals surface area contributed by atoms with Gasteiger partial charge in [0.1, 0.15) is 11.6 Å². The lowest BCUT2D eigenvalue weighted by Gasteiger charge is -2.37. The van der Waals surface area contributed by atoms with Crippen molar-refractivity contribution < 1.29 is 31.9 Å². The highest BCUT2D eigenvalue weighted by atomic mass is 19.4. The monoisotopic (exact) mass is 545 g/mol. The van der Waals surface area contributed by atoms with Crippen LogP contribution in [0, 0.1) is 11.6 Å². The van der Waals surface area contributed by atoms with Crippen molar-refractivity contribution >= 4 is 5.97 Å². The number of piperidine rings is 1. The summed E-state index contributed by atoms with van der Waals surface area (Å²) in [6, 6.07) is 13.7. The molecule has 39 heavy (non-hydrogen) atoms. The molecule has 0 radical (unpaired) electrons. The zero-order valence-electron chi connectivity index (χ0n) is 22.0. The van der Waals surface area contributed by atoms with E-state index in [2.05, 4.69) is 4.90 Å². The van der Waals surface area contributed by atoms with E-state index in [0.29, 0.717) is 29.5 Å². The van der Waals surface area contributed by atoms with Crippen LogP contribution in [0.2, 0.25) is 0 Å². The number of nitrogens with zero attached hydrogens (tertiary/aromatic N) is 1. The number of halogens is 5. The van der Waals surface area contributed by atoms with Gasteiger partial charge in [-0.1, -0.05) is 50.1 Å². The van der Waals surface area contributed by atoms with E-state index in [9.17, 15) is 31.9 Å². The predicted octanol–water partition coefficient (Wildman–Crippen LogP) is 8.37. The Morgan fingerprint density at radius 2 is 1.62 bits per heavy atom. The van der Waals surface area contributed by atoms with Crippen molar-refractivity contribution in [2.75, 3.05) is 13.1 Å². The second kappa shape index (κ2) is 11.5. The number of aliphatic carboxylic acids is 1. The molecule has 2 atom stereocenters. The minimum atomic E-state index is -4.85. The first-order chi connectivity index (χ1) is 18.5. The third-order valence-corrected chi connectivity index (χ3v) is 7.73. The smallest absolute Gasteiger partial charge is 0.419 e. The number of rotatable bonds is 8. The van der Waals surface area contributed by atoms with E-state index in [-0.39, 0.29) is 11.6 Å². The molecule has 1 heterocycles. The number of hydrogen-bond donors (Lipinski definition) is 1. The molecule has 3 nitrogen and oxygen atoms in total. The maximum absolute atomic E-state index is 14.8. The van der Waals surface area contributed by atoms with E-state index in [1.807, 2.05) is 6.92 Å². The fraction of sp³-hybridized carbons (Fsp3) is 0.387. The Hall–Kier alpha value is -3.26. The number of benzene rings is 3. The summed E-state index contributed by atoms with van der Waals surface area (Å²) in [4.78, 5) is 14.6. The first kappa shape index (κ1) is 28.7.